The van der Waals surface area contributed by atoms with Crippen molar-refractivity contribution in [2.45, 2.75) is 57.6 Å². The highest BCUT2D eigenvalue weighted by atomic mass is 16.5. The molecule has 0 saturated carbocycles. The number of carboxylic acids is 1. The Labute approximate surface area is 182 Å². The number of hydrogen-bond donors (Lipinski definition) is 3. The van der Waals surface area contributed by atoms with E-state index in [1.54, 1.807) is 7.11 Å². The Kier molecular flexibility index (Phi) is 6.04. The van der Waals surface area contributed by atoms with E-state index >= 15 is 0 Å². The number of H-pyrrole nitrogens is 1. The lowest BCUT2D eigenvalue weighted by atomic mass is 9.57. The number of aromatic nitrogens is 1. The molecule has 7 nitrogen and oxygen atoms in total. The molecule has 1 aromatic carbocycles. The number of aromatic carboxylic acids is 1. The lowest BCUT2D eigenvalue weighted by Gasteiger charge is -2.54. The lowest BCUT2D eigenvalue weighted by Crippen LogP contribution is -2.65. The summed E-state index contributed by atoms with van der Waals surface area (Å²) in [5.41, 5.74) is 0.370. The fraction of sp³-hybridized carbons (Fsp3) is 0.500. The van der Waals surface area contributed by atoms with Gasteiger partial charge in [-0.25, -0.2) is 4.79 Å². The minimum Gasteiger partial charge on any atom is -0.497 e. The lowest BCUT2D eigenvalue weighted by molar-refractivity contribution is -0.0955. The van der Waals surface area contributed by atoms with E-state index in [9.17, 15) is 19.8 Å². The first-order valence-electron chi connectivity index (χ1n) is 10.5. The number of carbonyl (C=O) groups is 1. The molecule has 3 N–H and O–H groups in total. The maximum Gasteiger partial charge on any atom is 0.341 e. The van der Waals surface area contributed by atoms with E-state index in [1.807, 2.05) is 52.9 Å². The van der Waals surface area contributed by atoms with Gasteiger partial charge in [-0.3, -0.25) is 4.79 Å². The maximum atomic E-state index is 12.4. The van der Waals surface area contributed by atoms with Gasteiger partial charge in [0.1, 0.15) is 11.3 Å². The van der Waals surface area contributed by atoms with Crippen LogP contribution in [0.2, 0.25) is 0 Å². The van der Waals surface area contributed by atoms with Gasteiger partial charge in [0.15, 0.2) is 0 Å². The summed E-state index contributed by atoms with van der Waals surface area (Å²) in [7, 11) is 3.57. The monoisotopic (exact) mass is 428 g/mol. The molecular weight excluding hydrogens is 396 g/mol. The number of nitrogens with zero attached hydrogens (tertiary/aromatic N) is 1. The van der Waals surface area contributed by atoms with Crippen molar-refractivity contribution in [1.29, 1.82) is 0 Å². The smallest absolute Gasteiger partial charge is 0.341 e. The predicted octanol–water partition coefficient (Wildman–Crippen LogP) is 2.52. The van der Waals surface area contributed by atoms with Crippen molar-refractivity contribution < 1.29 is 19.7 Å². The standard InChI is InChI=1S/C24H32N2O5/c1-7-26(5)15(3)24(30)12-16-10-18(22(28)29)21(27)25-20(16)13-23(24,4)19-11-17(31-6)9-8-14(19)2/h8-11,15,30H,7,12-13H2,1-6H3,(H,25,27)(H,28,29)/t15-,23-,24-/m1/s1. The maximum absolute atomic E-state index is 12.4. The summed E-state index contributed by atoms with van der Waals surface area (Å²) in [6.07, 6.45) is 0.585. The fourth-order valence-electron chi connectivity index (χ4n) is 4.98. The van der Waals surface area contributed by atoms with Crippen LogP contribution >= 0.6 is 0 Å². The average molecular weight is 429 g/mol. The van der Waals surface area contributed by atoms with Crippen molar-refractivity contribution >= 4 is 5.97 Å². The molecule has 0 unspecified atom stereocenters. The number of likely N-dealkylation sites (N-methyl/N-ethyl adjacent to an activating group) is 1. The Morgan fingerprint density at radius 3 is 2.58 bits per heavy atom. The largest absolute Gasteiger partial charge is 0.497 e. The summed E-state index contributed by atoms with van der Waals surface area (Å²) < 4.78 is 5.46. The number of ether oxygens (including phenoxy) is 1. The molecule has 31 heavy (non-hydrogen) atoms. The molecule has 7 heteroatoms. The normalized spacial score (nSPS) is 24.0. The van der Waals surface area contributed by atoms with Gasteiger partial charge in [-0.2, -0.15) is 0 Å². The minimum absolute atomic E-state index is 0.220. The topological polar surface area (TPSA) is 103 Å². The zero-order valence-corrected chi connectivity index (χ0v) is 19.1. The SMILES string of the molecule is CCN(C)[C@H](C)[C@]1(O)Cc2cc(C(=O)O)c(=O)[nH]c2C[C@]1(C)c1cc(OC)ccc1C. The molecule has 3 rings (SSSR count). The number of fused-ring (bicyclic) bond motifs is 1. The van der Waals surface area contributed by atoms with Crippen molar-refractivity contribution in [1.82, 2.24) is 9.88 Å². The van der Waals surface area contributed by atoms with Crippen LogP contribution in [0.15, 0.2) is 29.1 Å². The van der Waals surface area contributed by atoms with Crippen LogP contribution in [0.1, 0.15) is 53.5 Å². The van der Waals surface area contributed by atoms with Crippen LogP contribution in [-0.2, 0) is 18.3 Å². The van der Waals surface area contributed by atoms with Gasteiger partial charge in [0.05, 0.1) is 12.7 Å². The second-order valence-electron chi connectivity index (χ2n) is 8.86. The molecule has 0 bridgehead atoms. The molecule has 168 valence electrons. The molecule has 0 spiro atoms. The number of pyridine rings is 1. The van der Waals surface area contributed by atoms with Gasteiger partial charge in [-0.1, -0.05) is 19.9 Å². The van der Waals surface area contributed by atoms with Crippen LogP contribution in [0, 0.1) is 6.92 Å². The Balaban J connectivity index is 2.29. The number of methoxy groups -OCH3 is 1. The van der Waals surface area contributed by atoms with E-state index in [0.29, 0.717) is 23.4 Å². The summed E-state index contributed by atoms with van der Waals surface area (Å²) in [6.45, 7) is 8.79. The molecule has 1 aliphatic carbocycles. The van der Waals surface area contributed by atoms with Crippen molar-refractivity contribution in [2.24, 2.45) is 0 Å². The van der Waals surface area contributed by atoms with Gasteiger partial charge < -0.3 is 24.8 Å². The Morgan fingerprint density at radius 1 is 1.32 bits per heavy atom. The Hall–Kier alpha value is -2.64. The Morgan fingerprint density at radius 2 is 2.00 bits per heavy atom. The quantitative estimate of drug-likeness (QED) is 0.653. The third-order valence-corrected chi connectivity index (χ3v) is 7.28. The van der Waals surface area contributed by atoms with E-state index in [4.69, 9.17) is 4.74 Å². The number of rotatable bonds is 6. The first-order valence-corrected chi connectivity index (χ1v) is 10.5. The van der Waals surface area contributed by atoms with Crippen molar-refractivity contribution in [3.05, 3.63) is 62.6 Å². The third kappa shape index (κ3) is 3.66. The van der Waals surface area contributed by atoms with Crippen molar-refractivity contribution in [3.63, 3.8) is 0 Å². The number of aromatic amines is 1. The first kappa shape index (κ1) is 23.0. The van der Waals surface area contributed by atoms with Crippen LogP contribution in [0.5, 0.6) is 5.75 Å². The molecule has 0 saturated heterocycles. The van der Waals surface area contributed by atoms with Crippen LogP contribution in [-0.4, -0.2) is 58.4 Å². The molecule has 2 aromatic rings. The van der Waals surface area contributed by atoms with E-state index in [1.165, 1.54) is 6.07 Å². The molecule has 1 heterocycles. The number of aryl methyl sites for hydroxylation is 1. The van der Waals surface area contributed by atoms with E-state index in [-0.39, 0.29) is 18.0 Å². The molecule has 0 fully saturated rings. The summed E-state index contributed by atoms with van der Waals surface area (Å²) in [4.78, 5) is 28.8. The van der Waals surface area contributed by atoms with Crippen molar-refractivity contribution in [2.75, 3.05) is 20.7 Å². The minimum atomic E-state index is -1.27. The zero-order chi connectivity index (χ0) is 23.1. The van der Waals surface area contributed by atoms with E-state index in [0.717, 1.165) is 17.7 Å². The van der Waals surface area contributed by atoms with Crippen LogP contribution in [0.25, 0.3) is 0 Å². The van der Waals surface area contributed by atoms with E-state index < -0.39 is 22.5 Å². The molecule has 0 radical (unpaired) electrons. The summed E-state index contributed by atoms with van der Waals surface area (Å²) in [6, 6.07) is 6.99. The average Bonchev–Trinajstić information content (AvgIpc) is 2.73. The number of benzene rings is 1. The summed E-state index contributed by atoms with van der Waals surface area (Å²) in [5, 5.41) is 21.7. The summed E-state index contributed by atoms with van der Waals surface area (Å²) >= 11 is 0. The summed E-state index contributed by atoms with van der Waals surface area (Å²) in [5.74, 6) is -0.579. The number of hydrogen-bond acceptors (Lipinski definition) is 5. The first-order chi connectivity index (χ1) is 14.5. The molecule has 1 aliphatic rings. The highest BCUT2D eigenvalue weighted by Crippen LogP contribution is 2.48. The van der Waals surface area contributed by atoms with Crippen LogP contribution < -0.4 is 10.3 Å². The van der Waals surface area contributed by atoms with E-state index in [2.05, 4.69) is 9.88 Å². The number of carboxylic acid groups (broad SMARTS) is 1. The van der Waals surface area contributed by atoms with Gasteiger partial charge in [0.25, 0.3) is 5.56 Å². The molecule has 1 aromatic heterocycles. The molecular formula is C24H32N2O5. The van der Waals surface area contributed by atoms with Crippen LogP contribution in [0.4, 0.5) is 0 Å². The number of aliphatic hydroxyl groups is 1. The van der Waals surface area contributed by atoms with Crippen molar-refractivity contribution in [3.8, 4) is 5.75 Å². The molecule has 0 aliphatic heterocycles. The van der Waals surface area contributed by atoms with Gasteiger partial charge >= 0.3 is 5.97 Å². The number of nitrogens with one attached hydrogen (secondary N) is 1. The second kappa shape index (κ2) is 8.13. The van der Waals surface area contributed by atoms with Gasteiger partial charge in [-0.15, -0.1) is 0 Å². The second-order valence-corrected chi connectivity index (χ2v) is 8.86. The van der Waals surface area contributed by atoms with Gasteiger partial charge in [0, 0.05) is 30.0 Å². The van der Waals surface area contributed by atoms with Gasteiger partial charge in [-0.05, 0) is 62.3 Å². The Bertz CT molecular complexity index is 1060. The fourth-order valence-corrected chi connectivity index (χ4v) is 4.98. The van der Waals surface area contributed by atoms with Gasteiger partial charge in [0.2, 0.25) is 0 Å². The third-order valence-electron chi connectivity index (χ3n) is 7.28. The highest BCUT2D eigenvalue weighted by Gasteiger charge is 2.56. The molecule has 0 amide bonds. The predicted molar refractivity (Wildman–Crippen MR) is 119 cm³/mol. The highest BCUT2D eigenvalue weighted by molar-refractivity contribution is 5.87. The van der Waals surface area contributed by atoms with Crippen LogP contribution in [0.3, 0.4) is 0 Å². The molecule has 3 atom stereocenters. The zero-order valence-electron chi connectivity index (χ0n) is 19.1.